The number of unbranched alkanes of at least 4 members (excludes halogenated alkanes) is 3. The van der Waals surface area contributed by atoms with Crippen LogP contribution in [-0.2, 0) is 12.8 Å². The molecule has 90 valence electrons. The van der Waals surface area contributed by atoms with E-state index in [4.69, 9.17) is 5.73 Å². The van der Waals surface area contributed by atoms with Gasteiger partial charge in [-0.05, 0) is 25.7 Å². The number of hydrogen-bond acceptors (Lipinski definition) is 3. The van der Waals surface area contributed by atoms with Gasteiger partial charge in [0.05, 0.1) is 11.7 Å². The maximum absolute atomic E-state index is 6.19. The van der Waals surface area contributed by atoms with E-state index in [0.29, 0.717) is 0 Å². The number of hydrogen-bond donors (Lipinski definition) is 1. The van der Waals surface area contributed by atoms with E-state index in [1.54, 1.807) is 0 Å². The summed E-state index contributed by atoms with van der Waals surface area (Å²) in [6, 6.07) is 0.187. The molecule has 2 rings (SSSR count). The van der Waals surface area contributed by atoms with Crippen molar-refractivity contribution < 1.29 is 0 Å². The molecule has 0 radical (unpaired) electrons. The number of thiazole rings is 1. The van der Waals surface area contributed by atoms with E-state index in [-0.39, 0.29) is 6.04 Å². The van der Waals surface area contributed by atoms with Gasteiger partial charge in [0.2, 0.25) is 0 Å². The van der Waals surface area contributed by atoms with Gasteiger partial charge < -0.3 is 5.73 Å². The van der Waals surface area contributed by atoms with Crippen LogP contribution in [0, 0.1) is 0 Å². The van der Waals surface area contributed by atoms with Gasteiger partial charge in [0.15, 0.2) is 0 Å². The van der Waals surface area contributed by atoms with Crippen LogP contribution < -0.4 is 5.73 Å². The van der Waals surface area contributed by atoms with E-state index in [2.05, 4.69) is 11.9 Å². The van der Waals surface area contributed by atoms with Crippen molar-refractivity contribution in [3.05, 3.63) is 15.6 Å². The summed E-state index contributed by atoms with van der Waals surface area (Å²) in [5.41, 5.74) is 7.52. The highest BCUT2D eigenvalue weighted by Crippen LogP contribution is 2.31. The van der Waals surface area contributed by atoms with Gasteiger partial charge in [0.25, 0.3) is 0 Å². The number of nitrogens with two attached hydrogens (primary N) is 1. The lowest BCUT2D eigenvalue weighted by atomic mass is 10.1. The van der Waals surface area contributed by atoms with Gasteiger partial charge in [-0.2, -0.15) is 0 Å². The maximum atomic E-state index is 6.19. The highest BCUT2D eigenvalue weighted by atomic mass is 32.1. The third kappa shape index (κ3) is 2.83. The van der Waals surface area contributed by atoms with Gasteiger partial charge in [0.1, 0.15) is 5.01 Å². The van der Waals surface area contributed by atoms with Gasteiger partial charge in [-0.3, -0.25) is 0 Å². The van der Waals surface area contributed by atoms with E-state index < -0.39 is 0 Å². The van der Waals surface area contributed by atoms with Crippen LogP contribution in [0.15, 0.2) is 0 Å². The fraction of sp³-hybridized carbons (Fsp3) is 0.769. The molecule has 0 amide bonds. The van der Waals surface area contributed by atoms with Crippen LogP contribution in [0.25, 0.3) is 0 Å². The summed E-state index contributed by atoms with van der Waals surface area (Å²) in [7, 11) is 0. The Bertz CT molecular complexity index is 311. The lowest BCUT2D eigenvalue weighted by molar-refractivity contribution is 0.563. The Morgan fingerprint density at radius 2 is 2.19 bits per heavy atom. The molecule has 0 aliphatic heterocycles. The molecule has 1 aromatic heterocycles. The fourth-order valence-electron chi connectivity index (χ4n) is 2.28. The molecule has 16 heavy (non-hydrogen) atoms. The molecule has 2 N–H and O–H groups in total. The van der Waals surface area contributed by atoms with Crippen LogP contribution in [0.2, 0.25) is 0 Å². The molecular formula is C13H22N2S. The Hall–Kier alpha value is -0.410. The molecule has 1 aliphatic rings. The molecule has 1 unspecified atom stereocenters. The van der Waals surface area contributed by atoms with E-state index in [1.807, 2.05) is 11.3 Å². The standard InChI is InChI=1S/C13H22N2S/c1-2-3-4-5-7-10(14)13-15-11-8-6-9-12(11)16-13/h10H,2-9,14H2,1H3. The summed E-state index contributed by atoms with van der Waals surface area (Å²) >= 11 is 1.86. The first kappa shape index (κ1) is 12.1. The van der Waals surface area contributed by atoms with Gasteiger partial charge in [-0.25, -0.2) is 4.98 Å². The average molecular weight is 238 g/mol. The molecule has 0 fully saturated rings. The normalized spacial score (nSPS) is 16.4. The molecule has 1 aromatic rings. The lowest BCUT2D eigenvalue weighted by Crippen LogP contribution is -2.09. The fourth-order valence-corrected chi connectivity index (χ4v) is 3.47. The zero-order valence-corrected chi connectivity index (χ0v) is 11.0. The molecule has 1 atom stereocenters. The minimum Gasteiger partial charge on any atom is -0.322 e. The Morgan fingerprint density at radius 1 is 1.31 bits per heavy atom. The van der Waals surface area contributed by atoms with Crippen molar-refractivity contribution in [1.29, 1.82) is 0 Å². The van der Waals surface area contributed by atoms with Gasteiger partial charge in [-0.15, -0.1) is 11.3 Å². The summed E-state index contributed by atoms with van der Waals surface area (Å²) in [5.74, 6) is 0. The van der Waals surface area contributed by atoms with Crippen LogP contribution >= 0.6 is 11.3 Å². The van der Waals surface area contributed by atoms with Crippen molar-refractivity contribution in [3.63, 3.8) is 0 Å². The summed E-state index contributed by atoms with van der Waals surface area (Å²) in [4.78, 5) is 6.18. The smallest absolute Gasteiger partial charge is 0.110 e. The van der Waals surface area contributed by atoms with E-state index in [9.17, 15) is 0 Å². The van der Waals surface area contributed by atoms with Crippen molar-refractivity contribution in [1.82, 2.24) is 4.98 Å². The van der Waals surface area contributed by atoms with Crippen molar-refractivity contribution >= 4 is 11.3 Å². The SMILES string of the molecule is CCCCCCC(N)c1nc2c(s1)CCC2. The Morgan fingerprint density at radius 3 is 2.94 bits per heavy atom. The largest absolute Gasteiger partial charge is 0.322 e. The Balaban J connectivity index is 1.81. The van der Waals surface area contributed by atoms with Crippen LogP contribution in [-0.4, -0.2) is 4.98 Å². The average Bonchev–Trinajstić information content (AvgIpc) is 2.83. The van der Waals surface area contributed by atoms with Gasteiger partial charge in [0, 0.05) is 4.88 Å². The van der Waals surface area contributed by atoms with Crippen LogP contribution in [0.5, 0.6) is 0 Å². The molecule has 1 heterocycles. The second kappa shape index (κ2) is 5.78. The van der Waals surface area contributed by atoms with Crippen molar-refractivity contribution in [2.45, 2.75) is 64.3 Å². The third-order valence-corrected chi connectivity index (χ3v) is 4.59. The topological polar surface area (TPSA) is 38.9 Å². The van der Waals surface area contributed by atoms with Crippen LogP contribution in [0.4, 0.5) is 0 Å². The molecule has 1 aliphatic carbocycles. The summed E-state index contributed by atoms with van der Waals surface area (Å²) < 4.78 is 0. The predicted octanol–water partition coefficient (Wildman–Crippen LogP) is 3.60. The van der Waals surface area contributed by atoms with Gasteiger partial charge >= 0.3 is 0 Å². The highest BCUT2D eigenvalue weighted by molar-refractivity contribution is 7.11. The lowest BCUT2D eigenvalue weighted by Gasteiger charge is -2.07. The monoisotopic (exact) mass is 238 g/mol. The number of aryl methyl sites for hydroxylation is 2. The molecule has 0 aromatic carbocycles. The molecule has 0 saturated heterocycles. The molecule has 2 nitrogen and oxygen atoms in total. The van der Waals surface area contributed by atoms with Crippen molar-refractivity contribution in [2.75, 3.05) is 0 Å². The minimum absolute atomic E-state index is 0.187. The first-order chi connectivity index (χ1) is 7.81. The quantitative estimate of drug-likeness (QED) is 0.769. The minimum atomic E-state index is 0.187. The van der Waals surface area contributed by atoms with E-state index in [0.717, 1.165) is 6.42 Å². The van der Waals surface area contributed by atoms with Gasteiger partial charge in [-0.1, -0.05) is 32.6 Å². The molecule has 0 spiro atoms. The van der Waals surface area contributed by atoms with Crippen molar-refractivity contribution in [2.24, 2.45) is 5.73 Å². The van der Waals surface area contributed by atoms with Crippen LogP contribution in [0.3, 0.4) is 0 Å². The van der Waals surface area contributed by atoms with Crippen molar-refractivity contribution in [3.8, 4) is 0 Å². The summed E-state index contributed by atoms with van der Waals surface area (Å²) in [5, 5.41) is 1.18. The maximum Gasteiger partial charge on any atom is 0.110 e. The summed E-state index contributed by atoms with van der Waals surface area (Å²) in [6.45, 7) is 2.24. The number of nitrogens with zero attached hydrogens (tertiary/aromatic N) is 1. The zero-order chi connectivity index (χ0) is 11.4. The van der Waals surface area contributed by atoms with Crippen LogP contribution in [0.1, 0.15) is 67.1 Å². The molecule has 3 heteroatoms. The zero-order valence-electron chi connectivity index (χ0n) is 10.2. The second-order valence-electron chi connectivity index (χ2n) is 4.73. The first-order valence-corrected chi connectivity index (χ1v) is 7.37. The number of rotatable bonds is 6. The first-order valence-electron chi connectivity index (χ1n) is 6.55. The number of aromatic nitrogens is 1. The molecule has 0 saturated carbocycles. The highest BCUT2D eigenvalue weighted by Gasteiger charge is 2.19. The second-order valence-corrected chi connectivity index (χ2v) is 5.85. The van der Waals surface area contributed by atoms with E-state index in [1.165, 1.54) is 60.5 Å². The third-order valence-electron chi connectivity index (χ3n) is 3.30. The molecular weight excluding hydrogens is 216 g/mol. The Kier molecular flexibility index (Phi) is 4.36. The predicted molar refractivity (Wildman–Crippen MR) is 69.8 cm³/mol. The molecule has 0 bridgehead atoms. The summed E-state index contributed by atoms with van der Waals surface area (Å²) in [6.07, 6.45) is 9.99. The number of fused-ring (bicyclic) bond motifs is 1. The van der Waals surface area contributed by atoms with E-state index >= 15 is 0 Å². The Labute approximate surface area is 102 Å².